The first-order chi connectivity index (χ1) is 10.1. The molecule has 0 saturated heterocycles. The Kier molecular flexibility index (Phi) is 4.81. The molecule has 0 heterocycles. The second kappa shape index (κ2) is 6.78. The number of anilines is 2. The number of hydrogen-bond acceptors (Lipinski definition) is 3. The Morgan fingerprint density at radius 1 is 1.29 bits per heavy atom. The predicted molar refractivity (Wildman–Crippen MR) is 84.5 cm³/mol. The van der Waals surface area contributed by atoms with Gasteiger partial charge in [0.25, 0.3) is 0 Å². The van der Waals surface area contributed by atoms with Gasteiger partial charge in [-0.05, 0) is 36.8 Å². The molecule has 2 aromatic carbocycles. The van der Waals surface area contributed by atoms with E-state index < -0.39 is 0 Å². The summed E-state index contributed by atoms with van der Waals surface area (Å²) in [5.74, 6) is -0.206. The Hall–Kier alpha value is -2.51. The van der Waals surface area contributed by atoms with E-state index >= 15 is 0 Å². The van der Waals surface area contributed by atoms with Gasteiger partial charge in [0.05, 0.1) is 17.8 Å². The van der Waals surface area contributed by atoms with Crippen LogP contribution in [0.3, 0.4) is 0 Å². The van der Waals surface area contributed by atoms with Gasteiger partial charge in [-0.25, -0.2) is 0 Å². The highest BCUT2D eigenvalue weighted by Crippen LogP contribution is 2.20. The van der Waals surface area contributed by atoms with Crippen molar-refractivity contribution < 1.29 is 4.79 Å². The highest BCUT2D eigenvalue weighted by atomic mass is 35.5. The Balaban J connectivity index is 1.96. The number of carbonyl (C=O) groups excluding carboxylic acids is 1. The smallest absolute Gasteiger partial charge is 0.243 e. The molecular formula is C16H14ClN3O. The summed E-state index contributed by atoms with van der Waals surface area (Å²) < 4.78 is 0. The van der Waals surface area contributed by atoms with E-state index in [-0.39, 0.29) is 12.5 Å². The lowest BCUT2D eigenvalue weighted by Crippen LogP contribution is -2.22. The second-order valence-electron chi connectivity index (χ2n) is 4.52. The molecule has 0 aliphatic heterocycles. The highest BCUT2D eigenvalue weighted by Gasteiger charge is 2.06. The van der Waals surface area contributed by atoms with Crippen molar-refractivity contribution in [3.05, 3.63) is 58.6 Å². The van der Waals surface area contributed by atoms with Crippen LogP contribution in [-0.4, -0.2) is 12.5 Å². The largest absolute Gasteiger partial charge is 0.375 e. The molecule has 0 fully saturated rings. The number of nitrogens with zero attached hydrogens (tertiary/aromatic N) is 1. The number of rotatable bonds is 4. The second-order valence-corrected chi connectivity index (χ2v) is 4.93. The van der Waals surface area contributed by atoms with E-state index in [1.807, 2.05) is 13.0 Å². The number of para-hydroxylation sites is 1. The normalized spacial score (nSPS) is 9.76. The zero-order valence-electron chi connectivity index (χ0n) is 11.5. The molecule has 0 aliphatic carbocycles. The van der Waals surface area contributed by atoms with Gasteiger partial charge >= 0.3 is 0 Å². The van der Waals surface area contributed by atoms with Crippen LogP contribution in [-0.2, 0) is 4.79 Å². The number of halogens is 1. The molecule has 2 aromatic rings. The quantitative estimate of drug-likeness (QED) is 0.907. The summed E-state index contributed by atoms with van der Waals surface area (Å²) in [4.78, 5) is 11.9. The van der Waals surface area contributed by atoms with Gasteiger partial charge in [0.15, 0.2) is 0 Å². The van der Waals surface area contributed by atoms with Gasteiger partial charge in [0, 0.05) is 10.7 Å². The standard InChI is InChI=1S/C16H14ClN3O/c1-11-6-7-13(8-14(11)17)20-16(21)10-19-15-5-3-2-4-12(15)9-18/h2-8,19H,10H2,1H3,(H,20,21). The van der Waals surface area contributed by atoms with E-state index in [4.69, 9.17) is 16.9 Å². The van der Waals surface area contributed by atoms with Crippen LogP contribution in [0.4, 0.5) is 11.4 Å². The molecule has 0 aromatic heterocycles. The maximum atomic E-state index is 11.9. The lowest BCUT2D eigenvalue weighted by Gasteiger charge is -2.09. The van der Waals surface area contributed by atoms with Gasteiger partial charge in [-0.1, -0.05) is 29.8 Å². The zero-order valence-corrected chi connectivity index (χ0v) is 12.2. The van der Waals surface area contributed by atoms with E-state index in [1.54, 1.807) is 36.4 Å². The van der Waals surface area contributed by atoms with Crippen molar-refractivity contribution in [2.24, 2.45) is 0 Å². The van der Waals surface area contributed by atoms with Crippen LogP contribution in [0, 0.1) is 18.3 Å². The number of carbonyl (C=O) groups is 1. The molecule has 0 spiro atoms. The Morgan fingerprint density at radius 2 is 2.05 bits per heavy atom. The topological polar surface area (TPSA) is 64.9 Å². The van der Waals surface area contributed by atoms with Gasteiger partial charge in [-0.2, -0.15) is 5.26 Å². The monoisotopic (exact) mass is 299 g/mol. The van der Waals surface area contributed by atoms with Crippen LogP contribution >= 0.6 is 11.6 Å². The molecule has 21 heavy (non-hydrogen) atoms. The molecule has 0 bridgehead atoms. The van der Waals surface area contributed by atoms with E-state index in [9.17, 15) is 4.79 Å². The summed E-state index contributed by atoms with van der Waals surface area (Å²) in [7, 11) is 0. The molecule has 1 amide bonds. The molecular weight excluding hydrogens is 286 g/mol. The van der Waals surface area contributed by atoms with E-state index in [2.05, 4.69) is 16.7 Å². The first-order valence-corrected chi connectivity index (χ1v) is 6.77. The van der Waals surface area contributed by atoms with Gasteiger partial charge in [0.1, 0.15) is 6.07 Å². The van der Waals surface area contributed by atoms with Crippen LogP contribution in [0.1, 0.15) is 11.1 Å². The first-order valence-electron chi connectivity index (χ1n) is 6.39. The minimum atomic E-state index is -0.206. The minimum Gasteiger partial charge on any atom is -0.375 e. The molecule has 106 valence electrons. The fourth-order valence-corrected chi connectivity index (χ4v) is 1.97. The molecule has 4 nitrogen and oxygen atoms in total. The number of amides is 1. The number of nitriles is 1. The highest BCUT2D eigenvalue weighted by molar-refractivity contribution is 6.31. The lowest BCUT2D eigenvalue weighted by atomic mass is 10.2. The number of aryl methyl sites for hydroxylation is 1. The molecule has 2 rings (SSSR count). The third-order valence-corrected chi connectivity index (χ3v) is 3.35. The average molecular weight is 300 g/mol. The van der Waals surface area contributed by atoms with Crippen molar-refractivity contribution in [2.75, 3.05) is 17.2 Å². The van der Waals surface area contributed by atoms with Crippen molar-refractivity contribution in [2.45, 2.75) is 6.92 Å². The van der Waals surface area contributed by atoms with Crippen LogP contribution in [0.5, 0.6) is 0 Å². The summed E-state index contributed by atoms with van der Waals surface area (Å²) in [6, 6.07) is 14.5. The number of hydrogen-bond donors (Lipinski definition) is 2. The molecule has 5 heteroatoms. The third kappa shape index (κ3) is 3.98. The van der Waals surface area contributed by atoms with Crippen LogP contribution in [0.15, 0.2) is 42.5 Å². The van der Waals surface area contributed by atoms with Crippen LogP contribution in [0.2, 0.25) is 5.02 Å². The van der Waals surface area contributed by atoms with Gasteiger partial charge in [-0.15, -0.1) is 0 Å². The van der Waals surface area contributed by atoms with Crippen molar-refractivity contribution >= 4 is 28.9 Å². The Bertz CT molecular complexity index is 707. The third-order valence-electron chi connectivity index (χ3n) is 2.94. The Labute approximate surface area is 128 Å². The lowest BCUT2D eigenvalue weighted by molar-refractivity contribution is -0.114. The van der Waals surface area contributed by atoms with Crippen molar-refractivity contribution in [1.29, 1.82) is 5.26 Å². The van der Waals surface area contributed by atoms with Crippen LogP contribution in [0.25, 0.3) is 0 Å². The summed E-state index contributed by atoms with van der Waals surface area (Å²) in [6.07, 6.45) is 0. The minimum absolute atomic E-state index is 0.0736. The molecule has 2 N–H and O–H groups in total. The van der Waals surface area contributed by atoms with Crippen molar-refractivity contribution in [3.8, 4) is 6.07 Å². The SMILES string of the molecule is Cc1ccc(NC(=O)CNc2ccccc2C#N)cc1Cl. The maximum absolute atomic E-state index is 11.9. The molecule has 0 saturated carbocycles. The maximum Gasteiger partial charge on any atom is 0.243 e. The number of benzene rings is 2. The Morgan fingerprint density at radius 3 is 2.76 bits per heavy atom. The fraction of sp³-hybridized carbons (Fsp3) is 0.125. The summed E-state index contributed by atoms with van der Waals surface area (Å²) in [6.45, 7) is 1.97. The van der Waals surface area contributed by atoms with E-state index in [0.29, 0.717) is 22.0 Å². The number of nitrogens with one attached hydrogen (secondary N) is 2. The first kappa shape index (κ1) is 14.9. The van der Waals surface area contributed by atoms with Gasteiger partial charge in [-0.3, -0.25) is 4.79 Å². The van der Waals surface area contributed by atoms with Gasteiger partial charge < -0.3 is 10.6 Å². The molecule has 0 radical (unpaired) electrons. The van der Waals surface area contributed by atoms with Crippen LogP contribution < -0.4 is 10.6 Å². The summed E-state index contributed by atoms with van der Waals surface area (Å²) in [5.41, 5.74) is 2.74. The molecule has 0 aliphatic rings. The van der Waals surface area contributed by atoms with E-state index in [0.717, 1.165) is 5.56 Å². The molecule has 0 unspecified atom stereocenters. The van der Waals surface area contributed by atoms with Gasteiger partial charge in [0.2, 0.25) is 5.91 Å². The van der Waals surface area contributed by atoms with Crippen molar-refractivity contribution in [1.82, 2.24) is 0 Å². The zero-order chi connectivity index (χ0) is 15.2. The molecule has 0 atom stereocenters. The predicted octanol–water partition coefficient (Wildman–Crippen LogP) is 3.57. The summed E-state index contributed by atoms with van der Waals surface area (Å²) >= 11 is 6.01. The summed E-state index contributed by atoms with van der Waals surface area (Å²) in [5, 5.41) is 15.3. The average Bonchev–Trinajstić information content (AvgIpc) is 2.49. The fourth-order valence-electron chi connectivity index (χ4n) is 1.79. The van der Waals surface area contributed by atoms with E-state index in [1.165, 1.54) is 0 Å². The van der Waals surface area contributed by atoms with Crippen molar-refractivity contribution in [3.63, 3.8) is 0 Å².